The van der Waals surface area contributed by atoms with Crippen molar-refractivity contribution in [3.05, 3.63) is 30.3 Å². The van der Waals surface area contributed by atoms with E-state index < -0.39 is 12.2 Å². The van der Waals surface area contributed by atoms with Crippen LogP contribution in [-0.2, 0) is 9.59 Å². The van der Waals surface area contributed by atoms with Crippen molar-refractivity contribution in [3.8, 4) is 5.75 Å². The molecule has 1 amide bonds. The number of Topliss-reactive ketones (excluding diaryl/α,β-unsaturated/α-hetero) is 1. The number of amides is 1. The van der Waals surface area contributed by atoms with E-state index in [1.807, 2.05) is 37.3 Å². The molecular formula is C28H41NO5. The molecule has 4 rings (SSSR count). The monoisotopic (exact) mass is 471 g/mol. The molecule has 188 valence electrons. The highest BCUT2D eigenvalue weighted by Crippen LogP contribution is 2.47. The molecule has 3 N–H and O–H groups in total. The second kappa shape index (κ2) is 11.7. The Kier molecular flexibility index (Phi) is 8.65. The van der Waals surface area contributed by atoms with E-state index in [1.165, 1.54) is 6.42 Å². The van der Waals surface area contributed by atoms with Crippen molar-refractivity contribution in [1.82, 2.24) is 5.32 Å². The number of ether oxygens (including phenoxy) is 1. The standard InChI is InChI=1S/C28H41NO5/c1-18(14-22(30)17-34-23-7-3-2-4-8-23)28-24(25(31)16-26(28)32)15-20-11-10-19(20)6-5-9-27(33)29-21-12-13-21/h2-4,7-8,18-22,24,26,28,30,32H,5-6,9-17H2,1H3,(H,29,33)/t18-,19?,20-,22+,24-,26+,28+/m0/s1. The highest BCUT2D eigenvalue weighted by Gasteiger charge is 2.47. The van der Waals surface area contributed by atoms with Crippen molar-refractivity contribution in [2.75, 3.05) is 6.61 Å². The van der Waals surface area contributed by atoms with Crippen LogP contribution in [0.5, 0.6) is 5.75 Å². The molecule has 0 saturated heterocycles. The Labute approximate surface area is 203 Å². The Morgan fingerprint density at radius 1 is 1.15 bits per heavy atom. The topological polar surface area (TPSA) is 95.9 Å². The number of rotatable bonds is 13. The quantitative estimate of drug-likeness (QED) is 0.406. The summed E-state index contributed by atoms with van der Waals surface area (Å²) in [7, 11) is 0. The highest BCUT2D eigenvalue weighted by molar-refractivity contribution is 5.84. The molecule has 0 spiro atoms. The minimum atomic E-state index is -0.642. The van der Waals surface area contributed by atoms with E-state index >= 15 is 0 Å². The number of aliphatic hydroxyl groups is 2. The van der Waals surface area contributed by atoms with Crippen LogP contribution >= 0.6 is 0 Å². The number of hydrogen-bond acceptors (Lipinski definition) is 5. The molecule has 3 aliphatic rings. The molecule has 3 fully saturated rings. The number of carbonyl (C=O) groups is 2. The van der Waals surface area contributed by atoms with Crippen molar-refractivity contribution in [2.45, 2.75) is 89.4 Å². The first-order valence-corrected chi connectivity index (χ1v) is 13.3. The van der Waals surface area contributed by atoms with E-state index in [9.17, 15) is 19.8 Å². The van der Waals surface area contributed by atoms with Gasteiger partial charge >= 0.3 is 0 Å². The number of ketones is 1. The molecule has 0 aliphatic heterocycles. The lowest BCUT2D eigenvalue weighted by Crippen LogP contribution is -2.35. The lowest BCUT2D eigenvalue weighted by molar-refractivity contribution is -0.122. The summed E-state index contributed by atoms with van der Waals surface area (Å²) in [5.41, 5.74) is 0. The van der Waals surface area contributed by atoms with Gasteiger partial charge in [-0.2, -0.15) is 0 Å². The molecule has 7 atom stereocenters. The van der Waals surface area contributed by atoms with Crippen molar-refractivity contribution in [2.24, 2.45) is 29.6 Å². The minimum absolute atomic E-state index is 0.0328. The summed E-state index contributed by atoms with van der Waals surface area (Å²) in [5, 5.41) is 24.3. The fraction of sp³-hybridized carbons (Fsp3) is 0.714. The van der Waals surface area contributed by atoms with E-state index in [0.29, 0.717) is 30.7 Å². The second-order valence-corrected chi connectivity index (χ2v) is 11.0. The fourth-order valence-corrected chi connectivity index (χ4v) is 6.11. The molecule has 34 heavy (non-hydrogen) atoms. The molecule has 0 aromatic heterocycles. The predicted molar refractivity (Wildman–Crippen MR) is 130 cm³/mol. The minimum Gasteiger partial charge on any atom is -0.491 e. The van der Waals surface area contributed by atoms with Crippen LogP contribution in [0.4, 0.5) is 0 Å². The van der Waals surface area contributed by atoms with Gasteiger partial charge in [0.2, 0.25) is 5.91 Å². The highest BCUT2D eigenvalue weighted by atomic mass is 16.5. The SMILES string of the molecule is C[C@@H](C[C@@H](O)COc1ccccc1)[C@H]1[C@H](O)CC(=O)[C@@H]1C[C@@H]1CCC1CCCC(=O)NC1CC1. The summed E-state index contributed by atoms with van der Waals surface area (Å²) in [6.07, 6.45) is 7.40. The molecule has 0 heterocycles. The van der Waals surface area contributed by atoms with E-state index in [2.05, 4.69) is 5.32 Å². The Balaban J connectivity index is 1.23. The van der Waals surface area contributed by atoms with Crippen molar-refractivity contribution in [1.29, 1.82) is 0 Å². The first-order chi connectivity index (χ1) is 16.4. The third-order valence-corrected chi connectivity index (χ3v) is 8.27. The van der Waals surface area contributed by atoms with E-state index in [1.54, 1.807) is 0 Å². The van der Waals surface area contributed by atoms with Crippen LogP contribution in [0.2, 0.25) is 0 Å². The third kappa shape index (κ3) is 6.82. The van der Waals surface area contributed by atoms with Gasteiger partial charge < -0.3 is 20.3 Å². The molecular weight excluding hydrogens is 430 g/mol. The van der Waals surface area contributed by atoms with Crippen LogP contribution < -0.4 is 10.1 Å². The molecule has 6 nitrogen and oxygen atoms in total. The largest absolute Gasteiger partial charge is 0.491 e. The number of hydrogen-bond donors (Lipinski definition) is 3. The van der Waals surface area contributed by atoms with Gasteiger partial charge in [-0.25, -0.2) is 0 Å². The van der Waals surface area contributed by atoms with Gasteiger partial charge in [0.25, 0.3) is 0 Å². The van der Waals surface area contributed by atoms with Gasteiger partial charge in [0.05, 0.1) is 12.2 Å². The zero-order valence-corrected chi connectivity index (χ0v) is 20.4. The average Bonchev–Trinajstić information content (AvgIpc) is 3.56. The number of benzene rings is 1. The Morgan fingerprint density at radius 3 is 2.56 bits per heavy atom. The van der Waals surface area contributed by atoms with Crippen molar-refractivity contribution < 1.29 is 24.5 Å². The maximum atomic E-state index is 12.8. The van der Waals surface area contributed by atoms with Gasteiger partial charge in [-0.05, 0) is 87.2 Å². The molecule has 0 radical (unpaired) electrons. The summed E-state index contributed by atoms with van der Waals surface area (Å²) in [6, 6.07) is 9.85. The zero-order chi connectivity index (χ0) is 24.1. The Bertz CT molecular complexity index is 810. The first-order valence-electron chi connectivity index (χ1n) is 13.3. The maximum Gasteiger partial charge on any atom is 0.220 e. The van der Waals surface area contributed by atoms with E-state index in [-0.39, 0.29) is 42.5 Å². The van der Waals surface area contributed by atoms with Crippen LogP contribution in [0.15, 0.2) is 30.3 Å². The maximum absolute atomic E-state index is 12.8. The smallest absolute Gasteiger partial charge is 0.220 e. The van der Waals surface area contributed by atoms with Gasteiger partial charge in [-0.3, -0.25) is 9.59 Å². The summed E-state index contributed by atoms with van der Waals surface area (Å²) >= 11 is 0. The van der Waals surface area contributed by atoms with E-state index in [4.69, 9.17) is 4.74 Å². The zero-order valence-electron chi connectivity index (χ0n) is 20.4. The van der Waals surface area contributed by atoms with E-state index in [0.717, 1.165) is 44.3 Å². The van der Waals surface area contributed by atoms with Crippen LogP contribution in [0, 0.1) is 29.6 Å². The lowest BCUT2D eigenvalue weighted by Gasteiger charge is -2.40. The molecule has 6 heteroatoms. The lowest BCUT2D eigenvalue weighted by atomic mass is 9.65. The normalized spacial score (nSPS) is 30.4. The Morgan fingerprint density at radius 2 is 1.88 bits per heavy atom. The van der Waals surface area contributed by atoms with Gasteiger partial charge in [0.15, 0.2) is 0 Å². The predicted octanol–water partition coefficient (Wildman–Crippen LogP) is 3.88. The summed E-state index contributed by atoms with van der Waals surface area (Å²) in [6.45, 7) is 2.25. The van der Waals surface area contributed by atoms with Crippen LogP contribution in [0.25, 0.3) is 0 Å². The van der Waals surface area contributed by atoms with Crippen LogP contribution in [0.3, 0.4) is 0 Å². The first kappa shape index (κ1) is 25.2. The van der Waals surface area contributed by atoms with Gasteiger partial charge in [0.1, 0.15) is 18.1 Å². The molecule has 1 aromatic rings. The van der Waals surface area contributed by atoms with Crippen molar-refractivity contribution >= 4 is 11.7 Å². The van der Waals surface area contributed by atoms with Gasteiger partial charge in [-0.15, -0.1) is 0 Å². The molecule has 0 bridgehead atoms. The summed E-state index contributed by atoms with van der Waals surface area (Å²) in [4.78, 5) is 24.7. The van der Waals surface area contributed by atoms with Gasteiger partial charge in [-0.1, -0.05) is 25.1 Å². The molecule has 1 aromatic carbocycles. The van der Waals surface area contributed by atoms with Gasteiger partial charge in [0, 0.05) is 24.8 Å². The number of aliphatic hydroxyl groups excluding tert-OH is 2. The van der Waals surface area contributed by atoms with Crippen LogP contribution in [-0.4, -0.2) is 46.8 Å². The molecule has 1 unspecified atom stereocenters. The summed E-state index contributed by atoms with van der Waals surface area (Å²) in [5.74, 6) is 1.97. The number of nitrogens with one attached hydrogen (secondary N) is 1. The second-order valence-electron chi connectivity index (χ2n) is 11.0. The molecule has 3 aliphatic carbocycles. The number of carbonyl (C=O) groups excluding carboxylic acids is 2. The average molecular weight is 472 g/mol. The fourth-order valence-electron chi connectivity index (χ4n) is 6.11. The van der Waals surface area contributed by atoms with Crippen LogP contribution in [0.1, 0.15) is 71.1 Å². The number of para-hydroxylation sites is 1. The Hall–Kier alpha value is -1.92. The summed E-state index contributed by atoms with van der Waals surface area (Å²) < 4.78 is 5.68. The van der Waals surface area contributed by atoms with Crippen molar-refractivity contribution in [3.63, 3.8) is 0 Å². The third-order valence-electron chi connectivity index (χ3n) is 8.27. The molecule has 3 saturated carbocycles.